The van der Waals surface area contributed by atoms with E-state index in [2.05, 4.69) is 55.4 Å². The average Bonchev–Trinajstić information content (AvgIpc) is 2.01. The first-order chi connectivity index (χ1) is 6.44. The van der Waals surface area contributed by atoms with Gasteiger partial charge in [0.25, 0.3) is 0 Å². The third-order valence-electron chi connectivity index (χ3n) is 4.62. The molecular weight excluding hydrogens is 200 g/mol. The zero-order chi connectivity index (χ0) is 12.5. The van der Waals surface area contributed by atoms with Gasteiger partial charge in [0.05, 0.1) is 0 Å². The van der Waals surface area contributed by atoms with Crippen LogP contribution in [0.15, 0.2) is 0 Å². The van der Waals surface area contributed by atoms with Crippen LogP contribution >= 0.6 is 12.6 Å². The van der Waals surface area contributed by atoms with Gasteiger partial charge in [-0.25, -0.2) is 0 Å². The third kappa shape index (κ3) is 4.01. The minimum atomic E-state index is 0.0796. The largest absolute Gasteiger partial charge is 0.173 e. The number of thiol groups is 1. The molecule has 15 heavy (non-hydrogen) atoms. The van der Waals surface area contributed by atoms with Crippen LogP contribution in [0.1, 0.15) is 68.2 Å². The monoisotopic (exact) mass is 230 g/mol. The lowest BCUT2D eigenvalue weighted by Gasteiger charge is -2.45. The van der Waals surface area contributed by atoms with Crippen LogP contribution in [0.4, 0.5) is 0 Å². The molecule has 0 aromatic carbocycles. The molecule has 0 radical (unpaired) electrons. The highest BCUT2D eigenvalue weighted by Crippen LogP contribution is 2.46. The second kappa shape index (κ2) is 4.69. The highest BCUT2D eigenvalue weighted by Gasteiger charge is 2.40. The predicted octanol–water partition coefficient (Wildman–Crippen LogP) is 5.18. The topological polar surface area (TPSA) is 0 Å². The summed E-state index contributed by atoms with van der Waals surface area (Å²) < 4.78 is 0.0796. The Hall–Kier alpha value is 0.350. The summed E-state index contributed by atoms with van der Waals surface area (Å²) in [7, 11) is 0. The van der Waals surface area contributed by atoms with Crippen molar-refractivity contribution in [3.63, 3.8) is 0 Å². The van der Waals surface area contributed by atoms with E-state index in [0.717, 1.165) is 0 Å². The van der Waals surface area contributed by atoms with Crippen LogP contribution in [0.2, 0.25) is 0 Å². The van der Waals surface area contributed by atoms with Crippen molar-refractivity contribution >= 4 is 12.6 Å². The van der Waals surface area contributed by atoms with E-state index >= 15 is 0 Å². The fourth-order valence-electron chi connectivity index (χ4n) is 1.83. The quantitative estimate of drug-likeness (QED) is 0.618. The smallest absolute Gasteiger partial charge is 0.0127 e. The molecular formula is C14H30S. The molecule has 0 saturated carbocycles. The molecule has 0 fully saturated rings. The molecule has 92 valence electrons. The fraction of sp³-hybridized carbons (Fsp3) is 1.00. The van der Waals surface area contributed by atoms with Crippen molar-refractivity contribution in [1.82, 2.24) is 0 Å². The Morgan fingerprint density at radius 3 is 1.67 bits per heavy atom. The third-order valence-corrected chi connectivity index (χ3v) is 5.20. The molecule has 0 bridgehead atoms. The minimum absolute atomic E-state index is 0.0796. The molecule has 1 heteroatoms. The summed E-state index contributed by atoms with van der Waals surface area (Å²) in [4.78, 5) is 0. The maximum atomic E-state index is 4.75. The first-order valence-corrected chi connectivity index (χ1v) is 6.61. The molecule has 0 aliphatic carbocycles. The Balaban J connectivity index is 4.65. The molecule has 0 aliphatic heterocycles. The van der Waals surface area contributed by atoms with Crippen molar-refractivity contribution in [1.29, 1.82) is 0 Å². The van der Waals surface area contributed by atoms with Crippen molar-refractivity contribution in [3.05, 3.63) is 0 Å². The maximum absolute atomic E-state index is 4.75. The van der Waals surface area contributed by atoms with Crippen molar-refractivity contribution < 1.29 is 0 Å². The van der Waals surface area contributed by atoms with Crippen molar-refractivity contribution in [2.24, 2.45) is 16.7 Å². The minimum Gasteiger partial charge on any atom is -0.173 e. The van der Waals surface area contributed by atoms with Gasteiger partial charge in [-0.3, -0.25) is 0 Å². The van der Waals surface area contributed by atoms with Crippen molar-refractivity contribution in [2.75, 3.05) is 0 Å². The van der Waals surface area contributed by atoms with E-state index in [1.807, 2.05) is 0 Å². The summed E-state index contributed by atoms with van der Waals surface area (Å²) >= 11 is 4.75. The van der Waals surface area contributed by atoms with Crippen LogP contribution in [0.5, 0.6) is 0 Å². The molecule has 1 atom stereocenters. The zero-order valence-electron chi connectivity index (χ0n) is 11.9. The summed E-state index contributed by atoms with van der Waals surface area (Å²) in [6, 6.07) is 0. The normalized spacial score (nSPS) is 16.6. The maximum Gasteiger partial charge on any atom is 0.0127 e. The predicted molar refractivity (Wildman–Crippen MR) is 74.7 cm³/mol. The Morgan fingerprint density at radius 2 is 1.40 bits per heavy atom. The van der Waals surface area contributed by atoms with Gasteiger partial charge in [-0.05, 0) is 23.2 Å². The van der Waals surface area contributed by atoms with E-state index < -0.39 is 0 Å². The first kappa shape index (κ1) is 15.3. The van der Waals surface area contributed by atoms with E-state index in [1.165, 1.54) is 12.8 Å². The summed E-state index contributed by atoms with van der Waals surface area (Å²) in [5.41, 5.74) is 0.721. The second-order valence-electron chi connectivity index (χ2n) is 6.90. The van der Waals surface area contributed by atoms with Crippen LogP contribution in [-0.2, 0) is 0 Å². The molecule has 0 saturated heterocycles. The molecule has 0 aromatic rings. The molecule has 0 nitrogen and oxygen atoms in total. The van der Waals surface area contributed by atoms with Crippen molar-refractivity contribution in [2.45, 2.75) is 73.0 Å². The van der Waals surface area contributed by atoms with Gasteiger partial charge < -0.3 is 0 Å². The van der Waals surface area contributed by atoms with E-state index in [4.69, 9.17) is 12.6 Å². The highest BCUT2D eigenvalue weighted by atomic mass is 32.1. The Kier molecular flexibility index (Phi) is 4.80. The molecule has 0 rings (SSSR count). The number of hydrogen-bond donors (Lipinski definition) is 1. The Morgan fingerprint density at radius 1 is 1.00 bits per heavy atom. The molecule has 0 spiro atoms. The molecule has 1 unspecified atom stereocenters. The highest BCUT2D eigenvalue weighted by molar-refractivity contribution is 7.81. The molecule has 0 amide bonds. The SMILES string of the molecule is CCC(C)(C)CC(C)C(C)(C)C(C)(C)S. The first-order valence-electron chi connectivity index (χ1n) is 6.16. The van der Waals surface area contributed by atoms with Crippen LogP contribution in [-0.4, -0.2) is 4.75 Å². The van der Waals surface area contributed by atoms with E-state index in [-0.39, 0.29) is 10.2 Å². The van der Waals surface area contributed by atoms with Gasteiger partial charge in [-0.1, -0.05) is 61.8 Å². The number of rotatable bonds is 5. The van der Waals surface area contributed by atoms with Gasteiger partial charge in [0, 0.05) is 4.75 Å². The van der Waals surface area contributed by atoms with E-state index in [0.29, 0.717) is 11.3 Å². The zero-order valence-corrected chi connectivity index (χ0v) is 12.8. The number of hydrogen-bond acceptors (Lipinski definition) is 1. The van der Waals surface area contributed by atoms with Gasteiger partial charge in [-0.15, -0.1) is 0 Å². The molecule has 0 heterocycles. The lowest BCUT2D eigenvalue weighted by Crippen LogP contribution is -2.40. The van der Waals surface area contributed by atoms with Crippen LogP contribution in [0, 0.1) is 16.7 Å². The molecule has 0 aromatic heterocycles. The standard InChI is InChI=1S/C14H30S/c1-9-12(3,4)10-11(2)13(5,6)14(7,8)15/h11,15H,9-10H2,1-8H3. The van der Waals surface area contributed by atoms with Crippen LogP contribution in [0.25, 0.3) is 0 Å². The van der Waals surface area contributed by atoms with Gasteiger partial charge in [0.1, 0.15) is 0 Å². The van der Waals surface area contributed by atoms with E-state index in [1.54, 1.807) is 0 Å². The summed E-state index contributed by atoms with van der Waals surface area (Å²) in [5.74, 6) is 0.694. The van der Waals surface area contributed by atoms with Gasteiger partial charge in [0.2, 0.25) is 0 Å². The fourth-order valence-corrected chi connectivity index (χ4v) is 2.05. The lowest BCUT2D eigenvalue weighted by atomic mass is 9.65. The Bertz CT molecular complexity index is 196. The summed E-state index contributed by atoms with van der Waals surface area (Å²) in [6.07, 6.45) is 2.53. The Labute approximate surface area is 103 Å². The molecule has 0 N–H and O–H groups in total. The van der Waals surface area contributed by atoms with E-state index in [9.17, 15) is 0 Å². The summed E-state index contributed by atoms with van der Waals surface area (Å²) in [5, 5.41) is 0. The van der Waals surface area contributed by atoms with Gasteiger partial charge in [0.15, 0.2) is 0 Å². The van der Waals surface area contributed by atoms with Gasteiger partial charge >= 0.3 is 0 Å². The average molecular weight is 230 g/mol. The van der Waals surface area contributed by atoms with Crippen molar-refractivity contribution in [3.8, 4) is 0 Å². The lowest BCUT2D eigenvalue weighted by molar-refractivity contribution is 0.120. The van der Waals surface area contributed by atoms with Crippen LogP contribution < -0.4 is 0 Å². The second-order valence-corrected chi connectivity index (χ2v) is 8.02. The van der Waals surface area contributed by atoms with Crippen LogP contribution in [0.3, 0.4) is 0 Å². The summed E-state index contributed by atoms with van der Waals surface area (Å²) in [6.45, 7) is 18.5. The molecule has 0 aliphatic rings. The van der Waals surface area contributed by atoms with Gasteiger partial charge in [-0.2, -0.15) is 12.6 Å².